The van der Waals surface area contributed by atoms with Gasteiger partial charge in [-0.3, -0.25) is 4.79 Å². The first-order chi connectivity index (χ1) is 10.2. The second-order valence-electron chi connectivity index (χ2n) is 4.24. The maximum absolute atomic E-state index is 12.0. The molecule has 2 aromatic rings. The molecule has 2 N–H and O–H groups in total. The topological polar surface area (TPSA) is 66.9 Å². The van der Waals surface area contributed by atoms with Crippen LogP contribution in [0.5, 0.6) is 0 Å². The van der Waals surface area contributed by atoms with Crippen LogP contribution in [0.4, 0.5) is 5.95 Å². The van der Waals surface area contributed by atoms with Gasteiger partial charge in [0.05, 0.1) is 0 Å². The van der Waals surface area contributed by atoms with Crippen molar-refractivity contribution in [3.8, 4) is 0 Å². The third-order valence-corrected chi connectivity index (χ3v) is 2.91. The third-order valence-electron chi connectivity index (χ3n) is 2.66. The van der Waals surface area contributed by atoms with Crippen molar-refractivity contribution >= 4 is 23.5 Å². The second-order valence-corrected chi connectivity index (χ2v) is 4.68. The average Bonchev–Trinajstić information content (AvgIpc) is 2.52. The Morgan fingerprint density at radius 1 is 1.29 bits per heavy atom. The predicted molar refractivity (Wildman–Crippen MR) is 83.3 cm³/mol. The number of hydrogen-bond donors (Lipinski definition) is 2. The monoisotopic (exact) mass is 302 g/mol. The fourth-order valence-electron chi connectivity index (χ4n) is 1.61. The molecule has 1 aromatic heterocycles. The van der Waals surface area contributed by atoms with Crippen molar-refractivity contribution in [2.75, 3.05) is 11.9 Å². The molecule has 0 aliphatic rings. The van der Waals surface area contributed by atoms with Gasteiger partial charge in [0.1, 0.15) is 5.69 Å². The Hall–Kier alpha value is -2.40. The van der Waals surface area contributed by atoms with Crippen molar-refractivity contribution in [3.05, 3.63) is 65.5 Å². The van der Waals surface area contributed by atoms with E-state index in [0.717, 1.165) is 5.56 Å². The molecule has 6 heteroatoms. The summed E-state index contributed by atoms with van der Waals surface area (Å²) in [4.78, 5) is 20.2. The molecule has 108 valence electrons. The zero-order valence-electron chi connectivity index (χ0n) is 11.3. The lowest BCUT2D eigenvalue weighted by Crippen LogP contribution is -2.24. The Morgan fingerprint density at radius 2 is 2.05 bits per heavy atom. The first-order valence-corrected chi connectivity index (χ1v) is 6.77. The fourth-order valence-corrected chi connectivity index (χ4v) is 1.73. The lowest BCUT2D eigenvalue weighted by atomic mass is 10.2. The van der Waals surface area contributed by atoms with Crippen molar-refractivity contribution in [3.63, 3.8) is 0 Å². The molecule has 21 heavy (non-hydrogen) atoms. The van der Waals surface area contributed by atoms with Gasteiger partial charge in [-0.1, -0.05) is 29.8 Å². The highest BCUT2D eigenvalue weighted by atomic mass is 35.5. The lowest BCUT2D eigenvalue weighted by molar-refractivity contribution is 0.0946. The molecule has 0 saturated heterocycles. The Labute approximate surface area is 128 Å². The minimum atomic E-state index is -0.256. The molecule has 0 atom stereocenters. The molecular formula is C15H15ClN4O. The number of nitrogens with one attached hydrogen (secondary N) is 2. The molecule has 1 heterocycles. The van der Waals surface area contributed by atoms with Crippen molar-refractivity contribution in [2.24, 2.45) is 0 Å². The smallest absolute Gasteiger partial charge is 0.270 e. The van der Waals surface area contributed by atoms with Gasteiger partial charge in [-0.05, 0) is 23.8 Å². The number of rotatable bonds is 6. The molecule has 0 bridgehead atoms. The normalized spacial score (nSPS) is 9.95. The standard InChI is InChI=1S/C15H15ClN4O/c1-2-8-17-15-18-9-7-13(20-15)14(21)19-10-11-3-5-12(16)6-4-11/h2-7,9H,1,8,10H2,(H,19,21)(H,17,18,20). The Kier molecular flexibility index (Phi) is 5.29. The number of halogens is 1. The molecule has 5 nitrogen and oxygen atoms in total. The molecule has 0 aliphatic heterocycles. The van der Waals surface area contributed by atoms with Crippen molar-refractivity contribution in [2.45, 2.75) is 6.54 Å². The summed E-state index contributed by atoms with van der Waals surface area (Å²) in [6, 6.07) is 8.85. The van der Waals surface area contributed by atoms with Gasteiger partial charge in [-0.15, -0.1) is 6.58 Å². The van der Waals surface area contributed by atoms with Gasteiger partial charge in [0.15, 0.2) is 0 Å². The van der Waals surface area contributed by atoms with Crippen LogP contribution in [0.25, 0.3) is 0 Å². The number of aromatic nitrogens is 2. The van der Waals surface area contributed by atoms with E-state index in [1.165, 1.54) is 6.20 Å². The van der Waals surface area contributed by atoms with E-state index in [9.17, 15) is 4.79 Å². The van der Waals surface area contributed by atoms with Crippen molar-refractivity contribution in [1.29, 1.82) is 0 Å². The lowest BCUT2D eigenvalue weighted by Gasteiger charge is -2.06. The van der Waals surface area contributed by atoms with Crippen LogP contribution in [-0.2, 0) is 6.54 Å². The minimum absolute atomic E-state index is 0.256. The molecule has 1 amide bonds. The van der Waals surface area contributed by atoms with Gasteiger partial charge < -0.3 is 10.6 Å². The highest BCUT2D eigenvalue weighted by Crippen LogP contribution is 2.09. The molecule has 0 radical (unpaired) electrons. The summed E-state index contributed by atoms with van der Waals surface area (Å²) in [5.41, 5.74) is 1.28. The van der Waals surface area contributed by atoms with E-state index in [0.29, 0.717) is 29.8 Å². The van der Waals surface area contributed by atoms with Crippen LogP contribution >= 0.6 is 11.6 Å². The quantitative estimate of drug-likeness (QED) is 0.805. The Balaban J connectivity index is 1.96. The molecule has 0 fully saturated rings. The Morgan fingerprint density at radius 3 is 2.76 bits per heavy atom. The third kappa shape index (κ3) is 4.57. The largest absolute Gasteiger partial charge is 0.351 e. The fraction of sp³-hybridized carbons (Fsp3) is 0.133. The summed E-state index contributed by atoms with van der Waals surface area (Å²) in [6.45, 7) is 4.55. The zero-order valence-corrected chi connectivity index (χ0v) is 12.1. The van der Waals surface area contributed by atoms with Crippen molar-refractivity contribution < 1.29 is 4.79 Å². The second kappa shape index (κ2) is 7.40. The van der Waals surface area contributed by atoms with E-state index in [4.69, 9.17) is 11.6 Å². The van der Waals surface area contributed by atoms with Gasteiger partial charge in [0.2, 0.25) is 5.95 Å². The van der Waals surface area contributed by atoms with E-state index in [1.807, 2.05) is 12.1 Å². The highest BCUT2D eigenvalue weighted by molar-refractivity contribution is 6.30. The molecular weight excluding hydrogens is 288 g/mol. The number of nitrogens with zero attached hydrogens (tertiary/aromatic N) is 2. The van der Waals surface area contributed by atoms with E-state index in [2.05, 4.69) is 27.2 Å². The molecule has 0 unspecified atom stereocenters. The summed E-state index contributed by atoms with van der Waals surface area (Å²) in [7, 11) is 0. The van der Waals surface area contributed by atoms with Gasteiger partial charge in [0.25, 0.3) is 5.91 Å². The first-order valence-electron chi connectivity index (χ1n) is 6.39. The van der Waals surface area contributed by atoms with Gasteiger partial charge >= 0.3 is 0 Å². The van der Waals surface area contributed by atoms with Crippen LogP contribution in [0, 0.1) is 0 Å². The van der Waals surface area contributed by atoms with Crippen LogP contribution in [0.1, 0.15) is 16.1 Å². The van der Waals surface area contributed by atoms with Crippen LogP contribution in [0.15, 0.2) is 49.2 Å². The number of amides is 1. The summed E-state index contributed by atoms with van der Waals surface area (Å²) in [5, 5.41) is 6.40. The van der Waals surface area contributed by atoms with Gasteiger partial charge in [-0.25, -0.2) is 9.97 Å². The van der Waals surface area contributed by atoms with Crippen molar-refractivity contribution in [1.82, 2.24) is 15.3 Å². The average molecular weight is 303 g/mol. The minimum Gasteiger partial charge on any atom is -0.351 e. The summed E-state index contributed by atoms with van der Waals surface area (Å²) < 4.78 is 0. The van der Waals surface area contributed by atoms with E-state index in [-0.39, 0.29) is 5.91 Å². The van der Waals surface area contributed by atoms with E-state index < -0.39 is 0 Å². The van der Waals surface area contributed by atoms with Crippen LogP contribution in [0.2, 0.25) is 5.02 Å². The molecule has 0 saturated carbocycles. The number of hydrogen-bond acceptors (Lipinski definition) is 4. The maximum Gasteiger partial charge on any atom is 0.270 e. The molecule has 2 rings (SSSR count). The number of benzene rings is 1. The zero-order chi connectivity index (χ0) is 15.1. The summed E-state index contributed by atoms with van der Waals surface area (Å²) in [6.07, 6.45) is 3.23. The van der Waals surface area contributed by atoms with Crippen LogP contribution in [-0.4, -0.2) is 22.4 Å². The summed E-state index contributed by atoms with van der Waals surface area (Å²) >= 11 is 5.81. The van der Waals surface area contributed by atoms with Crippen LogP contribution in [0.3, 0.4) is 0 Å². The van der Waals surface area contributed by atoms with E-state index >= 15 is 0 Å². The number of carbonyl (C=O) groups is 1. The molecule has 1 aromatic carbocycles. The summed E-state index contributed by atoms with van der Waals surface area (Å²) in [5.74, 6) is 0.142. The Bertz CT molecular complexity index is 628. The van der Waals surface area contributed by atoms with Crippen LogP contribution < -0.4 is 10.6 Å². The van der Waals surface area contributed by atoms with E-state index in [1.54, 1.807) is 24.3 Å². The molecule has 0 aliphatic carbocycles. The SMILES string of the molecule is C=CCNc1nccc(C(=O)NCc2ccc(Cl)cc2)n1. The number of anilines is 1. The molecule has 0 spiro atoms. The number of carbonyl (C=O) groups excluding carboxylic acids is 1. The predicted octanol–water partition coefficient (Wildman–Crippen LogP) is 2.66. The highest BCUT2D eigenvalue weighted by Gasteiger charge is 2.08. The first kappa shape index (κ1) is 15.0. The van der Waals surface area contributed by atoms with Gasteiger partial charge in [0, 0.05) is 24.3 Å². The maximum atomic E-state index is 12.0. The van der Waals surface area contributed by atoms with Gasteiger partial charge in [-0.2, -0.15) is 0 Å².